The second-order valence-electron chi connectivity index (χ2n) is 5.53. The first-order chi connectivity index (χ1) is 11.8. The van der Waals surface area contributed by atoms with E-state index in [1.807, 2.05) is 0 Å². The van der Waals surface area contributed by atoms with Gasteiger partial charge in [-0.1, -0.05) is 26.0 Å². The van der Waals surface area contributed by atoms with Crippen molar-refractivity contribution in [1.29, 1.82) is 0 Å². The maximum Gasteiger partial charge on any atom is 0.256 e. The van der Waals surface area contributed by atoms with Crippen LogP contribution in [0.15, 0.2) is 47.4 Å². The largest absolute Gasteiger partial charge is 0.322 e. The monoisotopic (exact) mass is 364 g/mol. The van der Waals surface area contributed by atoms with Gasteiger partial charge in [-0.15, -0.1) is 0 Å². The first-order valence-corrected chi connectivity index (χ1v) is 9.41. The zero-order valence-electron chi connectivity index (χ0n) is 14.4. The van der Waals surface area contributed by atoms with Gasteiger partial charge >= 0.3 is 0 Å². The Morgan fingerprint density at radius 1 is 1.12 bits per heavy atom. The Kier molecular flexibility index (Phi) is 5.92. The second kappa shape index (κ2) is 7.76. The predicted molar refractivity (Wildman–Crippen MR) is 95.6 cm³/mol. The highest BCUT2D eigenvalue weighted by Crippen LogP contribution is 2.20. The van der Waals surface area contributed by atoms with Crippen LogP contribution in [-0.2, 0) is 10.0 Å². The van der Waals surface area contributed by atoms with E-state index in [0.717, 1.165) is 6.07 Å². The van der Waals surface area contributed by atoms with E-state index in [1.54, 1.807) is 32.9 Å². The zero-order valence-corrected chi connectivity index (χ0v) is 15.2. The van der Waals surface area contributed by atoms with Crippen LogP contribution >= 0.6 is 0 Å². The molecule has 0 atom stereocenters. The van der Waals surface area contributed by atoms with Crippen LogP contribution in [0.4, 0.5) is 10.1 Å². The first-order valence-electron chi connectivity index (χ1n) is 7.97. The number of rotatable bonds is 6. The third kappa shape index (κ3) is 4.24. The molecule has 5 nitrogen and oxygen atoms in total. The van der Waals surface area contributed by atoms with Crippen molar-refractivity contribution in [3.8, 4) is 0 Å². The van der Waals surface area contributed by atoms with E-state index in [2.05, 4.69) is 5.32 Å². The van der Waals surface area contributed by atoms with Gasteiger partial charge in [0.05, 0.1) is 4.90 Å². The number of nitrogens with one attached hydrogen (secondary N) is 1. The van der Waals surface area contributed by atoms with E-state index in [-0.39, 0.29) is 10.5 Å². The molecule has 0 aliphatic heterocycles. The summed E-state index contributed by atoms with van der Waals surface area (Å²) in [5.41, 5.74) is 1.17. The number of nitrogens with zero attached hydrogens (tertiary/aromatic N) is 1. The molecular weight excluding hydrogens is 343 g/mol. The van der Waals surface area contributed by atoms with Crippen LogP contribution in [0.2, 0.25) is 0 Å². The molecular formula is C18H21FN2O3S. The van der Waals surface area contributed by atoms with Crippen molar-refractivity contribution in [2.75, 3.05) is 18.4 Å². The Balaban J connectivity index is 2.30. The molecule has 2 aromatic rings. The number of benzene rings is 2. The van der Waals surface area contributed by atoms with Gasteiger partial charge in [-0.2, -0.15) is 4.31 Å². The smallest absolute Gasteiger partial charge is 0.256 e. The molecule has 1 N–H and O–H groups in total. The van der Waals surface area contributed by atoms with Gasteiger partial charge in [0.1, 0.15) is 5.82 Å². The van der Waals surface area contributed by atoms with Gasteiger partial charge in [-0.05, 0) is 42.8 Å². The summed E-state index contributed by atoms with van der Waals surface area (Å²) in [6, 6.07) is 9.99. The summed E-state index contributed by atoms with van der Waals surface area (Å²) in [6.07, 6.45) is 0. The van der Waals surface area contributed by atoms with Gasteiger partial charge in [0.2, 0.25) is 10.0 Å². The van der Waals surface area contributed by atoms with Crippen LogP contribution in [0, 0.1) is 12.7 Å². The fourth-order valence-electron chi connectivity index (χ4n) is 2.48. The van der Waals surface area contributed by atoms with Crippen molar-refractivity contribution in [3.05, 3.63) is 59.4 Å². The van der Waals surface area contributed by atoms with Gasteiger partial charge in [0, 0.05) is 24.3 Å². The van der Waals surface area contributed by atoms with Crippen LogP contribution < -0.4 is 5.32 Å². The van der Waals surface area contributed by atoms with E-state index in [1.165, 1.54) is 28.6 Å². The molecule has 0 heterocycles. The average molecular weight is 364 g/mol. The highest BCUT2D eigenvalue weighted by Gasteiger charge is 2.22. The lowest BCUT2D eigenvalue weighted by molar-refractivity contribution is 0.102. The normalized spacial score (nSPS) is 11.6. The number of sulfonamides is 1. The van der Waals surface area contributed by atoms with Crippen molar-refractivity contribution in [3.63, 3.8) is 0 Å². The number of carbonyl (C=O) groups excluding carboxylic acids is 1. The topological polar surface area (TPSA) is 66.5 Å². The minimum atomic E-state index is -3.62. The number of halogens is 1. The molecule has 25 heavy (non-hydrogen) atoms. The van der Waals surface area contributed by atoms with E-state index in [0.29, 0.717) is 24.3 Å². The number of hydrogen-bond donors (Lipinski definition) is 1. The van der Waals surface area contributed by atoms with Crippen molar-refractivity contribution >= 4 is 21.6 Å². The van der Waals surface area contributed by atoms with E-state index in [9.17, 15) is 17.6 Å². The van der Waals surface area contributed by atoms with Gasteiger partial charge in [-0.3, -0.25) is 4.79 Å². The lowest BCUT2D eigenvalue weighted by Crippen LogP contribution is -2.30. The molecule has 0 bridgehead atoms. The molecule has 0 radical (unpaired) electrons. The third-order valence-corrected chi connectivity index (χ3v) is 5.93. The number of anilines is 1. The molecule has 0 aliphatic rings. The fourth-order valence-corrected chi connectivity index (χ4v) is 3.99. The Bertz CT molecular complexity index is 878. The summed E-state index contributed by atoms with van der Waals surface area (Å²) in [7, 11) is -3.62. The molecule has 0 spiro atoms. The van der Waals surface area contributed by atoms with Crippen LogP contribution in [0.5, 0.6) is 0 Å². The Morgan fingerprint density at radius 3 is 2.44 bits per heavy atom. The third-order valence-electron chi connectivity index (χ3n) is 3.88. The highest BCUT2D eigenvalue weighted by atomic mass is 32.2. The van der Waals surface area contributed by atoms with Crippen molar-refractivity contribution in [2.45, 2.75) is 25.7 Å². The van der Waals surface area contributed by atoms with Crippen molar-refractivity contribution in [1.82, 2.24) is 4.31 Å². The van der Waals surface area contributed by atoms with Crippen molar-refractivity contribution in [2.24, 2.45) is 0 Å². The Labute approximate surface area is 147 Å². The van der Waals surface area contributed by atoms with E-state index >= 15 is 0 Å². The summed E-state index contributed by atoms with van der Waals surface area (Å²) < 4.78 is 39.8. The molecule has 0 aromatic heterocycles. The highest BCUT2D eigenvalue weighted by molar-refractivity contribution is 7.89. The maximum absolute atomic E-state index is 13.4. The number of carbonyl (C=O) groups is 1. The van der Waals surface area contributed by atoms with Crippen LogP contribution in [0.1, 0.15) is 29.8 Å². The standard InChI is InChI=1S/C18H21FN2O3S/c1-4-21(5-2)25(23,24)16-8-6-7-15(12-16)20-18(22)17-11-14(19)10-9-13(17)3/h6-12H,4-5H2,1-3H3,(H,20,22). The van der Waals surface area contributed by atoms with Gasteiger partial charge in [0.25, 0.3) is 5.91 Å². The summed E-state index contributed by atoms with van der Waals surface area (Å²) in [6.45, 7) is 5.95. The van der Waals surface area contributed by atoms with Gasteiger partial charge in [-0.25, -0.2) is 12.8 Å². The number of amides is 1. The first kappa shape index (κ1) is 19.1. The summed E-state index contributed by atoms with van der Waals surface area (Å²) in [4.78, 5) is 12.5. The van der Waals surface area contributed by atoms with Crippen LogP contribution in [-0.4, -0.2) is 31.7 Å². The molecule has 0 saturated carbocycles. The van der Waals surface area contributed by atoms with Crippen LogP contribution in [0.25, 0.3) is 0 Å². The molecule has 0 fully saturated rings. The molecule has 2 rings (SSSR count). The minimum Gasteiger partial charge on any atom is -0.322 e. The Hall–Kier alpha value is -2.25. The lowest BCUT2D eigenvalue weighted by Gasteiger charge is -2.19. The summed E-state index contributed by atoms with van der Waals surface area (Å²) in [5.74, 6) is -0.997. The molecule has 0 unspecified atom stereocenters. The van der Waals surface area contributed by atoms with E-state index < -0.39 is 21.7 Å². The number of hydrogen-bond acceptors (Lipinski definition) is 3. The molecule has 1 amide bonds. The lowest BCUT2D eigenvalue weighted by atomic mass is 10.1. The molecule has 2 aromatic carbocycles. The molecule has 0 aliphatic carbocycles. The molecule has 7 heteroatoms. The Morgan fingerprint density at radius 2 is 1.80 bits per heavy atom. The zero-order chi connectivity index (χ0) is 18.6. The average Bonchev–Trinajstić information content (AvgIpc) is 2.58. The maximum atomic E-state index is 13.4. The predicted octanol–water partition coefficient (Wildman–Crippen LogP) is 3.42. The van der Waals surface area contributed by atoms with E-state index in [4.69, 9.17) is 0 Å². The molecule has 134 valence electrons. The fraction of sp³-hybridized carbons (Fsp3) is 0.278. The quantitative estimate of drug-likeness (QED) is 0.854. The minimum absolute atomic E-state index is 0.102. The van der Waals surface area contributed by atoms with Crippen molar-refractivity contribution < 1.29 is 17.6 Å². The summed E-state index contributed by atoms with van der Waals surface area (Å²) in [5, 5.41) is 2.63. The number of aryl methyl sites for hydroxylation is 1. The van der Waals surface area contributed by atoms with Gasteiger partial charge in [0.15, 0.2) is 0 Å². The van der Waals surface area contributed by atoms with Gasteiger partial charge < -0.3 is 5.32 Å². The molecule has 0 saturated heterocycles. The van der Waals surface area contributed by atoms with Crippen LogP contribution in [0.3, 0.4) is 0 Å². The SMILES string of the molecule is CCN(CC)S(=O)(=O)c1cccc(NC(=O)c2cc(F)ccc2C)c1. The second-order valence-corrected chi connectivity index (χ2v) is 7.47. The summed E-state index contributed by atoms with van der Waals surface area (Å²) >= 11 is 0.